The fourth-order valence-electron chi connectivity index (χ4n) is 3.54. The van der Waals surface area contributed by atoms with E-state index < -0.39 is 35.4 Å². The molecule has 2 aromatic carbocycles. The fraction of sp³-hybridized carbons (Fsp3) is 0.158. The average Bonchev–Trinajstić information content (AvgIpc) is 3.26. The van der Waals surface area contributed by atoms with Gasteiger partial charge in [0.25, 0.3) is 0 Å². The van der Waals surface area contributed by atoms with Crippen molar-refractivity contribution < 1.29 is 16.8 Å². The summed E-state index contributed by atoms with van der Waals surface area (Å²) >= 11 is 0. The Kier molecular flexibility index (Phi) is 5.50. The Morgan fingerprint density at radius 2 is 1.75 bits per heavy atom. The summed E-state index contributed by atoms with van der Waals surface area (Å²) in [6.45, 7) is -0.226. The number of azo groups is 1. The monoisotopic (exact) mass is 473 g/mol. The van der Waals surface area contributed by atoms with Crippen molar-refractivity contribution in [2.45, 2.75) is 9.79 Å². The molecule has 1 aliphatic heterocycles. The number of nitrogens with zero attached hydrogens (tertiary/aromatic N) is 4. The minimum absolute atomic E-state index is 0.0284. The van der Waals surface area contributed by atoms with E-state index in [4.69, 9.17) is 16.6 Å². The number of aliphatic imine (C=N–C) groups is 1. The number of sulfonamides is 1. The van der Waals surface area contributed by atoms with Crippen molar-refractivity contribution >= 4 is 42.4 Å². The van der Waals surface area contributed by atoms with Crippen LogP contribution in [-0.4, -0.2) is 46.6 Å². The summed E-state index contributed by atoms with van der Waals surface area (Å²) in [5.74, 6) is -0.248. The molecule has 0 bridgehead atoms. The molecule has 0 saturated heterocycles. The van der Waals surface area contributed by atoms with E-state index in [1.54, 1.807) is 24.3 Å². The van der Waals surface area contributed by atoms with Gasteiger partial charge in [-0.05, 0) is 23.8 Å². The van der Waals surface area contributed by atoms with Crippen LogP contribution in [0.25, 0.3) is 22.0 Å². The molecule has 0 amide bonds. The first-order valence-electron chi connectivity index (χ1n) is 9.34. The second-order valence-corrected chi connectivity index (χ2v) is 10.5. The van der Waals surface area contributed by atoms with Gasteiger partial charge < -0.3 is 11.5 Å². The Labute approximate surface area is 184 Å². The number of fused-ring (bicyclic) bond motifs is 1. The molecule has 11 nitrogen and oxygen atoms in total. The van der Waals surface area contributed by atoms with Gasteiger partial charge in [-0.1, -0.05) is 24.3 Å². The van der Waals surface area contributed by atoms with Crippen LogP contribution in [0.15, 0.2) is 67.5 Å². The van der Waals surface area contributed by atoms with Crippen molar-refractivity contribution in [3.63, 3.8) is 0 Å². The molecular weight excluding hydrogens is 454 g/mol. The predicted molar refractivity (Wildman–Crippen MR) is 120 cm³/mol. The highest BCUT2D eigenvalue weighted by Gasteiger charge is 2.32. The SMILES string of the molecule is NCCS(=O)(=O)c1ccc(-c2cccc3ccc(N)nc23)c(C2=NCN=N2)c1S(N)(=O)=O. The zero-order chi connectivity index (χ0) is 23.1. The van der Waals surface area contributed by atoms with Gasteiger partial charge in [-0.25, -0.2) is 32.0 Å². The first-order chi connectivity index (χ1) is 15.1. The summed E-state index contributed by atoms with van der Waals surface area (Å²) in [4.78, 5) is 7.43. The Morgan fingerprint density at radius 3 is 2.41 bits per heavy atom. The molecule has 2 heterocycles. The summed E-state index contributed by atoms with van der Waals surface area (Å²) in [5.41, 5.74) is 12.5. The number of anilines is 1. The van der Waals surface area contributed by atoms with Gasteiger partial charge in [0.1, 0.15) is 10.7 Å². The topological polar surface area (TPSA) is 196 Å². The molecule has 0 atom stereocenters. The lowest BCUT2D eigenvalue weighted by Gasteiger charge is -2.17. The van der Waals surface area contributed by atoms with E-state index in [0.717, 1.165) is 5.39 Å². The average molecular weight is 474 g/mol. The number of nitrogens with two attached hydrogens (primary N) is 3. The number of hydrogen-bond donors (Lipinski definition) is 3. The number of amidine groups is 1. The molecular formula is C19H19N7O4S2. The van der Waals surface area contributed by atoms with Crippen LogP contribution in [0.3, 0.4) is 0 Å². The summed E-state index contributed by atoms with van der Waals surface area (Å²) < 4.78 is 51.1. The Morgan fingerprint density at radius 1 is 0.969 bits per heavy atom. The van der Waals surface area contributed by atoms with Crippen molar-refractivity contribution in [3.8, 4) is 11.1 Å². The molecule has 0 spiro atoms. The number of benzene rings is 2. The van der Waals surface area contributed by atoms with Crippen molar-refractivity contribution in [2.75, 3.05) is 24.7 Å². The fourth-order valence-corrected chi connectivity index (χ4v) is 6.29. The number of hydrogen-bond acceptors (Lipinski definition) is 10. The predicted octanol–water partition coefficient (Wildman–Crippen LogP) is 1.03. The Balaban J connectivity index is 2.18. The maximum absolute atomic E-state index is 12.8. The standard InChI is InChI=1S/C19H19N7O4S2/c20-8-9-31(27,28)14-6-5-12(13-3-1-2-11-4-7-15(21)25-17(11)13)16(18(14)32(22,29)30)19-23-10-24-26-19/h1-7H,8-10,20H2,(H2,21,25)(H2,22,29,30). The first kappa shape index (κ1) is 22.0. The normalized spacial score (nSPS) is 14.1. The van der Waals surface area contributed by atoms with Crippen LogP contribution >= 0.6 is 0 Å². The molecule has 3 aromatic rings. The maximum Gasteiger partial charge on any atom is 0.240 e. The molecule has 0 unspecified atom stereocenters. The lowest BCUT2D eigenvalue weighted by molar-refractivity contribution is 0.583. The molecule has 0 radical (unpaired) electrons. The molecule has 166 valence electrons. The molecule has 1 aromatic heterocycles. The lowest BCUT2D eigenvalue weighted by atomic mass is 9.96. The van der Waals surface area contributed by atoms with Gasteiger partial charge in [-0.2, -0.15) is 5.11 Å². The van der Waals surface area contributed by atoms with Crippen LogP contribution in [0.1, 0.15) is 5.56 Å². The molecule has 1 aliphatic rings. The van der Waals surface area contributed by atoms with E-state index in [-0.39, 0.29) is 30.4 Å². The smallest absolute Gasteiger partial charge is 0.240 e. The van der Waals surface area contributed by atoms with Crippen LogP contribution in [-0.2, 0) is 19.9 Å². The molecule has 0 fully saturated rings. The number of sulfone groups is 1. The molecule has 13 heteroatoms. The number of primary sulfonamides is 1. The van der Waals surface area contributed by atoms with E-state index in [1.807, 2.05) is 6.07 Å². The highest BCUT2D eigenvalue weighted by Crippen LogP contribution is 2.37. The second-order valence-electron chi connectivity index (χ2n) is 6.95. The van der Waals surface area contributed by atoms with Crippen molar-refractivity contribution in [2.24, 2.45) is 26.1 Å². The zero-order valence-electron chi connectivity index (χ0n) is 16.6. The van der Waals surface area contributed by atoms with E-state index >= 15 is 0 Å². The first-order valence-corrected chi connectivity index (χ1v) is 12.5. The lowest BCUT2D eigenvalue weighted by Crippen LogP contribution is -2.24. The Bertz CT molecular complexity index is 1510. The van der Waals surface area contributed by atoms with Gasteiger partial charge in [0.15, 0.2) is 22.3 Å². The number of nitrogen functional groups attached to an aromatic ring is 1. The van der Waals surface area contributed by atoms with Gasteiger partial charge in [-0.3, -0.25) is 0 Å². The maximum atomic E-state index is 12.8. The van der Waals surface area contributed by atoms with Crippen molar-refractivity contribution in [1.82, 2.24) is 4.98 Å². The highest BCUT2D eigenvalue weighted by atomic mass is 32.2. The number of aromatic nitrogens is 1. The van der Waals surface area contributed by atoms with Gasteiger partial charge in [-0.15, -0.1) is 5.11 Å². The van der Waals surface area contributed by atoms with Crippen molar-refractivity contribution in [1.29, 1.82) is 0 Å². The Hall–Kier alpha value is -3.26. The van der Waals surface area contributed by atoms with Crippen LogP contribution < -0.4 is 16.6 Å². The summed E-state index contributed by atoms with van der Waals surface area (Å²) in [7, 11) is -8.61. The molecule has 0 saturated carbocycles. The van der Waals surface area contributed by atoms with E-state index in [2.05, 4.69) is 20.2 Å². The summed E-state index contributed by atoms with van der Waals surface area (Å²) in [6.07, 6.45) is 0. The quantitative estimate of drug-likeness (QED) is 0.475. The van der Waals surface area contributed by atoms with Gasteiger partial charge >= 0.3 is 0 Å². The third-order valence-electron chi connectivity index (χ3n) is 4.83. The highest BCUT2D eigenvalue weighted by molar-refractivity contribution is 7.93. The number of para-hydroxylation sites is 1. The minimum Gasteiger partial charge on any atom is -0.384 e. The third-order valence-corrected chi connectivity index (χ3v) is 7.74. The minimum atomic E-state index is -4.54. The second kappa shape index (κ2) is 8.02. The number of rotatable bonds is 6. The third kappa shape index (κ3) is 3.86. The largest absolute Gasteiger partial charge is 0.384 e. The van der Waals surface area contributed by atoms with Crippen LogP contribution in [0, 0.1) is 0 Å². The zero-order valence-corrected chi connectivity index (χ0v) is 18.3. The number of pyridine rings is 1. The summed E-state index contributed by atoms with van der Waals surface area (Å²) in [5, 5.41) is 14.0. The van der Waals surface area contributed by atoms with E-state index in [0.29, 0.717) is 16.6 Å². The van der Waals surface area contributed by atoms with Crippen LogP contribution in [0.5, 0.6) is 0 Å². The van der Waals surface area contributed by atoms with Crippen LogP contribution in [0.2, 0.25) is 0 Å². The van der Waals surface area contributed by atoms with Gasteiger partial charge in [0.2, 0.25) is 10.0 Å². The molecule has 6 N–H and O–H groups in total. The van der Waals surface area contributed by atoms with Gasteiger partial charge in [0.05, 0.1) is 21.7 Å². The van der Waals surface area contributed by atoms with Crippen molar-refractivity contribution in [3.05, 3.63) is 48.0 Å². The summed E-state index contributed by atoms with van der Waals surface area (Å²) in [6, 6.07) is 11.4. The molecule has 0 aliphatic carbocycles. The molecule has 32 heavy (non-hydrogen) atoms. The van der Waals surface area contributed by atoms with E-state index in [1.165, 1.54) is 12.1 Å². The van der Waals surface area contributed by atoms with Crippen LogP contribution in [0.4, 0.5) is 5.82 Å². The molecule has 4 rings (SSSR count). The van der Waals surface area contributed by atoms with Gasteiger partial charge in [0, 0.05) is 17.5 Å². The van der Waals surface area contributed by atoms with E-state index in [9.17, 15) is 16.8 Å².